The number of carbonyl (C=O) groups excluding carboxylic acids is 2. The lowest BCUT2D eigenvalue weighted by Gasteiger charge is -2.14. The minimum absolute atomic E-state index is 0.148. The number of carbonyl (C=O) groups is 2. The summed E-state index contributed by atoms with van der Waals surface area (Å²) in [5.41, 5.74) is 0. The maximum Gasteiger partial charge on any atom is 0.199 e. The molecule has 2 nitrogen and oxygen atoms in total. The molecule has 0 radical (unpaired) electrons. The number of unbranched alkanes of at least 4 members (excludes halogenated alkanes) is 11. The van der Waals surface area contributed by atoms with E-state index in [-0.39, 0.29) is 16.8 Å². The lowest BCUT2D eigenvalue weighted by Crippen LogP contribution is -2.22. The van der Waals surface area contributed by atoms with Crippen molar-refractivity contribution in [3.05, 3.63) is 0 Å². The zero-order valence-electron chi connectivity index (χ0n) is 24.0. The van der Waals surface area contributed by atoms with Crippen LogP contribution in [0.3, 0.4) is 0 Å². The molecule has 0 aromatic carbocycles. The molecule has 0 spiro atoms. The zero-order chi connectivity index (χ0) is 26.5. The quantitative estimate of drug-likeness (QED) is 0.0649. The molecule has 0 rings (SSSR count). The molecule has 0 bridgehead atoms. The van der Waals surface area contributed by atoms with Gasteiger partial charge in [0.25, 0.3) is 0 Å². The maximum atomic E-state index is 13.0. The second-order valence-electron chi connectivity index (χ2n) is 9.80. The summed E-state index contributed by atoms with van der Waals surface area (Å²) in [7, 11) is 0. The summed E-state index contributed by atoms with van der Waals surface area (Å²) in [6, 6.07) is 0. The smallest absolute Gasteiger partial charge is 0.199 e. The Bertz CT molecular complexity index is 460. The second-order valence-corrected chi connectivity index (χ2v) is 14.6. The van der Waals surface area contributed by atoms with Crippen LogP contribution < -0.4 is 0 Å². The molecule has 214 valence electrons. The van der Waals surface area contributed by atoms with Crippen molar-refractivity contribution < 1.29 is 9.59 Å². The Morgan fingerprint density at radius 2 is 0.972 bits per heavy atom. The van der Waals surface area contributed by atoms with Crippen LogP contribution in [0.1, 0.15) is 130 Å². The molecular formula is C30H58O2S4. The van der Waals surface area contributed by atoms with Crippen molar-refractivity contribution in [3.63, 3.8) is 0 Å². The van der Waals surface area contributed by atoms with Gasteiger partial charge in [0, 0.05) is 29.4 Å². The number of hydrogen-bond donors (Lipinski definition) is 0. The lowest BCUT2D eigenvalue weighted by molar-refractivity contribution is -0.129. The molecule has 0 saturated carbocycles. The van der Waals surface area contributed by atoms with E-state index in [1.807, 2.05) is 11.8 Å². The van der Waals surface area contributed by atoms with E-state index < -0.39 is 0 Å². The molecule has 0 heterocycles. The first-order chi connectivity index (χ1) is 17.7. The highest BCUT2D eigenvalue weighted by molar-refractivity contribution is 8.14. The van der Waals surface area contributed by atoms with Crippen molar-refractivity contribution in [1.82, 2.24) is 0 Å². The Kier molecular flexibility index (Phi) is 30.9. The summed E-state index contributed by atoms with van der Waals surface area (Å²) in [4.78, 5) is 25.9. The molecule has 0 N–H and O–H groups in total. The van der Waals surface area contributed by atoms with Gasteiger partial charge >= 0.3 is 0 Å². The van der Waals surface area contributed by atoms with Gasteiger partial charge in [0.05, 0.1) is 5.92 Å². The predicted molar refractivity (Wildman–Crippen MR) is 173 cm³/mol. The molecule has 0 saturated heterocycles. The second kappa shape index (κ2) is 30.3. The average molecular weight is 579 g/mol. The van der Waals surface area contributed by atoms with E-state index >= 15 is 0 Å². The van der Waals surface area contributed by atoms with Crippen LogP contribution >= 0.6 is 47.0 Å². The molecule has 1 atom stereocenters. The first-order valence-corrected chi connectivity index (χ1v) is 19.5. The predicted octanol–water partition coefficient (Wildman–Crippen LogP) is 10.3. The Morgan fingerprint density at radius 3 is 1.58 bits per heavy atom. The van der Waals surface area contributed by atoms with Gasteiger partial charge in [-0.1, -0.05) is 103 Å². The lowest BCUT2D eigenvalue weighted by atomic mass is 9.94. The van der Waals surface area contributed by atoms with E-state index in [9.17, 15) is 9.59 Å². The standard InChI is InChI=1S/C30H58O2S4/c1-4-7-10-11-14-17-20-29(31)28(30(32)36-27-26-34-22-9-6-3)19-16-13-12-15-18-23-35-25-24-33-21-8-5-2/h28H,4-27H2,1-3H3/t28-/m0/s1. The van der Waals surface area contributed by atoms with Gasteiger partial charge in [-0.25, -0.2) is 0 Å². The Labute approximate surface area is 242 Å². The summed E-state index contributed by atoms with van der Waals surface area (Å²) in [6.07, 6.45) is 19.6. The van der Waals surface area contributed by atoms with Gasteiger partial charge in [-0.05, 0) is 49.4 Å². The van der Waals surface area contributed by atoms with Crippen LogP contribution in [0.4, 0.5) is 0 Å². The van der Waals surface area contributed by atoms with Gasteiger partial charge < -0.3 is 0 Å². The molecule has 0 unspecified atom stereocenters. The number of thioether (sulfide) groups is 4. The van der Waals surface area contributed by atoms with Crippen LogP contribution in [-0.2, 0) is 9.59 Å². The van der Waals surface area contributed by atoms with Crippen LogP contribution in [0, 0.1) is 5.92 Å². The number of rotatable bonds is 29. The highest BCUT2D eigenvalue weighted by Crippen LogP contribution is 2.23. The highest BCUT2D eigenvalue weighted by atomic mass is 32.2. The van der Waals surface area contributed by atoms with Crippen molar-refractivity contribution >= 4 is 57.9 Å². The minimum Gasteiger partial charge on any atom is -0.299 e. The van der Waals surface area contributed by atoms with E-state index in [1.165, 1.54) is 111 Å². The topological polar surface area (TPSA) is 34.1 Å². The van der Waals surface area contributed by atoms with Crippen LogP contribution in [0.15, 0.2) is 0 Å². The third-order valence-corrected chi connectivity index (χ3v) is 11.1. The van der Waals surface area contributed by atoms with Crippen molar-refractivity contribution in [1.29, 1.82) is 0 Å². The summed E-state index contributed by atoms with van der Waals surface area (Å²) in [5.74, 6) is 8.09. The third-order valence-electron chi connectivity index (χ3n) is 6.36. The first kappa shape index (κ1) is 36.7. The molecule has 0 amide bonds. The Balaban J connectivity index is 4.12. The van der Waals surface area contributed by atoms with Crippen molar-refractivity contribution in [3.8, 4) is 0 Å². The number of Topliss-reactive ketones (excluding diaryl/α,β-unsaturated/α-hetero) is 1. The van der Waals surface area contributed by atoms with E-state index in [4.69, 9.17) is 0 Å². The Morgan fingerprint density at radius 1 is 0.500 bits per heavy atom. The van der Waals surface area contributed by atoms with Crippen LogP contribution in [-0.4, -0.2) is 51.2 Å². The molecule has 0 fully saturated rings. The fourth-order valence-corrected chi connectivity index (χ4v) is 8.37. The first-order valence-electron chi connectivity index (χ1n) is 15.1. The zero-order valence-corrected chi connectivity index (χ0v) is 27.3. The summed E-state index contributed by atoms with van der Waals surface area (Å²) >= 11 is 7.56. The molecule has 0 aliphatic carbocycles. The van der Waals surface area contributed by atoms with Crippen LogP contribution in [0.25, 0.3) is 0 Å². The number of hydrogen-bond acceptors (Lipinski definition) is 6. The van der Waals surface area contributed by atoms with Crippen LogP contribution in [0.2, 0.25) is 0 Å². The summed E-state index contributed by atoms with van der Waals surface area (Å²) in [5, 5.41) is 0.148. The molecule has 6 heteroatoms. The fourth-order valence-electron chi connectivity index (χ4n) is 3.97. The summed E-state index contributed by atoms with van der Waals surface area (Å²) in [6.45, 7) is 6.71. The van der Waals surface area contributed by atoms with E-state index in [0.717, 1.165) is 43.6 Å². The van der Waals surface area contributed by atoms with Crippen molar-refractivity contribution in [2.45, 2.75) is 130 Å². The van der Waals surface area contributed by atoms with Gasteiger partial charge in [0.1, 0.15) is 5.78 Å². The highest BCUT2D eigenvalue weighted by Gasteiger charge is 2.25. The SMILES string of the molecule is CCCCCCCCC(=O)[C@H](CCCCCCCSCCSCCCC)C(=O)SCCSCCCC. The van der Waals surface area contributed by atoms with Crippen molar-refractivity contribution in [2.24, 2.45) is 5.92 Å². The van der Waals surface area contributed by atoms with E-state index in [2.05, 4.69) is 44.3 Å². The molecule has 0 aromatic rings. The van der Waals surface area contributed by atoms with Gasteiger partial charge in [0.2, 0.25) is 0 Å². The Hall–Kier alpha value is 0.740. The maximum absolute atomic E-state index is 13.0. The third kappa shape index (κ3) is 25.0. The van der Waals surface area contributed by atoms with E-state index in [1.54, 1.807) is 0 Å². The largest absolute Gasteiger partial charge is 0.299 e. The van der Waals surface area contributed by atoms with Gasteiger partial charge in [-0.15, -0.1) is 0 Å². The molecular weight excluding hydrogens is 521 g/mol. The molecule has 0 aliphatic rings. The van der Waals surface area contributed by atoms with Crippen molar-refractivity contribution in [2.75, 3.05) is 40.3 Å². The molecule has 36 heavy (non-hydrogen) atoms. The van der Waals surface area contributed by atoms with E-state index in [0.29, 0.717) is 6.42 Å². The van der Waals surface area contributed by atoms with Gasteiger partial charge in [0.15, 0.2) is 5.12 Å². The van der Waals surface area contributed by atoms with Gasteiger partial charge in [-0.2, -0.15) is 35.3 Å². The molecule has 0 aromatic heterocycles. The van der Waals surface area contributed by atoms with Crippen LogP contribution in [0.5, 0.6) is 0 Å². The normalized spacial score (nSPS) is 12.2. The minimum atomic E-state index is -0.355. The summed E-state index contributed by atoms with van der Waals surface area (Å²) < 4.78 is 0. The monoisotopic (exact) mass is 578 g/mol. The number of ketones is 1. The molecule has 0 aliphatic heterocycles. The fraction of sp³-hybridized carbons (Fsp3) is 0.933. The van der Waals surface area contributed by atoms with Gasteiger partial charge in [-0.3, -0.25) is 9.59 Å². The average Bonchev–Trinajstić information content (AvgIpc) is 2.88.